The molecule has 0 atom stereocenters. The zero-order valence-corrected chi connectivity index (χ0v) is 19.1. The summed E-state index contributed by atoms with van der Waals surface area (Å²) in [7, 11) is 1.97. The van der Waals surface area contributed by atoms with Crippen LogP contribution in [0.1, 0.15) is 42.9 Å². The van der Waals surface area contributed by atoms with Crippen molar-refractivity contribution in [2.24, 2.45) is 12.0 Å². The zero-order chi connectivity index (χ0) is 18.9. The summed E-state index contributed by atoms with van der Waals surface area (Å²) in [6.07, 6.45) is 4.98. The number of hydrogen-bond donors (Lipinski definition) is 2. The Labute approximate surface area is 184 Å². The van der Waals surface area contributed by atoms with E-state index in [0.29, 0.717) is 32.3 Å². The fourth-order valence-corrected chi connectivity index (χ4v) is 3.16. The van der Waals surface area contributed by atoms with Gasteiger partial charge in [0.2, 0.25) is 0 Å². The fourth-order valence-electron chi connectivity index (χ4n) is 3.16. The van der Waals surface area contributed by atoms with Crippen LogP contribution < -0.4 is 10.6 Å². The summed E-state index contributed by atoms with van der Waals surface area (Å²) in [5.74, 6) is 2.58. The number of aryl methyl sites for hydroxylation is 1. The molecular formula is C20H31IN6O. The van der Waals surface area contributed by atoms with Gasteiger partial charge < -0.3 is 19.9 Å². The highest BCUT2D eigenvalue weighted by molar-refractivity contribution is 14.0. The van der Waals surface area contributed by atoms with Gasteiger partial charge in [-0.25, -0.2) is 4.99 Å². The van der Waals surface area contributed by atoms with Crippen molar-refractivity contribution < 1.29 is 4.74 Å². The number of aromatic nitrogens is 3. The number of hydrogen-bond acceptors (Lipinski definition) is 4. The summed E-state index contributed by atoms with van der Waals surface area (Å²) in [5, 5.41) is 15.2. The summed E-state index contributed by atoms with van der Waals surface area (Å²) in [5.41, 5.74) is 1.19. The molecule has 0 saturated heterocycles. The Balaban J connectivity index is 0.00000280. The zero-order valence-electron chi connectivity index (χ0n) is 16.7. The maximum absolute atomic E-state index is 5.75. The number of aliphatic imine (C=N–C) groups is 1. The van der Waals surface area contributed by atoms with Gasteiger partial charge >= 0.3 is 0 Å². The topological polar surface area (TPSA) is 76.4 Å². The first-order valence-corrected chi connectivity index (χ1v) is 9.74. The van der Waals surface area contributed by atoms with E-state index in [-0.39, 0.29) is 24.0 Å². The maximum atomic E-state index is 5.75. The molecule has 8 heteroatoms. The molecule has 1 aliphatic rings. The quantitative estimate of drug-likeness (QED) is 0.254. The summed E-state index contributed by atoms with van der Waals surface area (Å²) < 4.78 is 7.73. The Morgan fingerprint density at radius 1 is 1.21 bits per heavy atom. The number of nitrogens with zero attached hydrogens (tertiary/aromatic N) is 4. The Morgan fingerprint density at radius 2 is 1.96 bits per heavy atom. The molecule has 1 saturated carbocycles. The molecule has 0 bridgehead atoms. The van der Waals surface area contributed by atoms with Crippen molar-refractivity contribution in [1.82, 2.24) is 25.4 Å². The van der Waals surface area contributed by atoms with E-state index in [1.165, 1.54) is 31.2 Å². The second kappa shape index (κ2) is 12.0. The lowest BCUT2D eigenvalue weighted by Gasteiger charge is -2.17. The largest absolute Gasteiger partial charge is 0.375 e. The van der Waals surface area contributed by atoms with E-state index in [0.717, 1.165) is 17.6 Å². The highest BCUT2D eigenvalue weighted by atomic mass is 127. The molecule has 0 radical (unpaired) electrons. The Hall–Kier alpha value is -1.68. The monoisotopic (exact) mass is 498 g/mol. The summed E-state index contributed by atoms with van der Waals surface area (Å²) in [4.78, 5) is 4.70. The van der Waals surface area contributed by atoms with Crippen LogP contribution in [0.15, 0.2) is 35.3 Å². The molecule has 1 fully saturated rings. The maximum Gasteiger partial charge on any atom is 0.192 e. The van der Waals surface area contributed by atoms with Crippen molar-refractivity contribution in [2.45, 2.75) is 51.8 Å². The molecule has 28 heavy (non-hydrogen) atoms. The number of benzene rings is 1. The van der Waals surface area contributed by atoms with Crippen LogP contribution in [0.4, 0.5) is 0 Å². The van der Waals surface area contributed by atoms with Gasteiger partial charge in [-0.3, -0.25) is 0 Å². The summed E-state index contributed by atoms with van der Waals surface area (Å²) in [6, 6.07) is 10.7. The van der Waals surface area contributed by atoms with Crippen molar-refractivity contribution in [3.63, 3.8) is 0 Å². The SMILES string of the molecule is Cc1nnc(CN=C(NCCOCc2ccccc2)NC2CCCC2)n1C.I. The molecule has 2 N–H and O–H groups in total. The van der Waals surface area contributed by atoms with Gasteiger partial charge in [-0.1, -0.05) is 43.2 Å². The van der Waals surface area contributed by atoms with E-state index in [9.17, 15) is 0 Å². The van der Waals surface area contributed by atoms with Crippen LogP contribution in [-0.2, 0) is 24.9 Å². The highest BCUT2D eigenvalue weighted by Gasteiger charge is 2.16. The second-order valence-electron chi connectivity index (χ2n) is 6.98. The van der Waals surface area contributed by atoms with Gasteiger partial charge in [0.05, 0.1) is 13.2 Å². The first-order chi connectivity index (χ1) is 13.2. The van der Waals surface area contributed by atoms with Crippen molar-refractivity contribution in [3.05, 3.63) is 47.5 Å². The van der Waals surface area contributed by atoms with E-state index >= 15 is 0 Å². The Kier molecular flexibility index (Phi) is 9.69. The molecule has 154 valence electrons. The van der Waals surface area contributed by atoms with E-state index < -0.39 is 0 Å². The molecule has 1 aliphatic carbocycles. The molecule has 0 spiro atoms. The molecule has 0 aliphatic heterocycles. The lowest BCUT2D eigenvalue weighted by atomic mass is 10.2. The van der Waals surface area contributed by atoms with E-state index in [4.69, 9.17) is 9.73 Å². The van der Waals surface area contributed by atoms with Crippen LogP contribution in [0.3, 0.4) is 0 Å². The van der Waals surface area contributed by atoms with Gasteiger partial charge in [0.25, 0.3) is 0 Å². The second-order valence-corrected chi connectivity index (χ2v) is 6.98. The van der Waals surface area contributed by atoms with Crippen LogP contribution in [0.5, 0.6) is 0 Å². The molecule has 1 heterocycles. The standard InChI is InChI=1S/C20H30N6O.HI/c1-16-24-25-19(26(16)2)14-22-20(23-18-10-6-7-11-18)21-12-13-27-15-17-8-4-3-5-9-17;/h3-5,8-9,18H,6-7,10-15H2,1-2H3,(H2,21,22,23);1H. The van der Waals surface area contributed by atoms with E-state index in [1.54, 1.807) is 0 Å². The summed E-state index contributed by atoms with van der Waals surface area (Å²) in [6.45, 7) is 4.42. The lowest BCUT2D eigenvalue weighted by Crippen LogP contribution is -2.43. The normalized spacial score (nSPS) is 14.7. The van der Waals surface area contributed by atoms with Crippen LogP contribution in [0, 0.1) is 6.92 Å². The van der Waals surface area contributed by atoms with Gasteiger partial charge in [0.1, 0.15) is 12.4 Å². The van der Waals surface area contributed by atoms with Crippen LogP contribution in [0.25, 0.3) is 0 Å². The predicted molar refractivity (Wildman–Crippen MR) is 122 cm³/mol. The van der Waals surface area contributed by atoms with Crippen molar-refractivity contribution >= 4 is 29.9 Å². The first kappa shape index (κ1) is 22.6. The van der Waals surface area contributed by atoms with Gasteiger partial charge in [-0.05, 0) is 25.3 Å². The van der Waals surface area contributed by atoms with E-state index in [2.05, 4.69) is 33.0 Å². The molecule has 1 aromatic carbocycles. The minimum Gasteiger partial charge on any atom is -0.375 e. The number of nitrogens with one attached hydrogen (secondary N) is 2. The Morgan fingerprint density at radius 3 is 2.64 bits per heavy atom. The molecular weight excluding hydrogens is 467 g/mol. The van der Waals surface area contributed by atoms with Gasteiger partial charge in [0.15, 0.2) is 11.8 Å². The molecule has 2 aromatic rings. The lowest BCUT2D eigenvalue weighted by molar-refractivity contribution is 0.125. The van der Waals surface area contributed by atoms with Crippen molar-refractivity contribution in [1.29, 1.82) is 0 Å². The fraction of sp³-hybridized carbons (Fsp3) is 0.550. The van der Waals surface area contributed by atoms with Crippen LogP contribution in [-0.4, -0.2) is 39.9 Å². The number of halogens is 1. The highest BCUT2D eigenvalue weighted by Crippen LogP contribution is 2.17. The van der Waals surface area contributed by atoms with Crippen molar-refractivity contribution in [3.8, 4) is 0 Å². The third-order valence-corrected chi connectivity index (χ3v) is 4.91. The summed E-state index contributed by atoms with van der Waals surface area (Å²) >= 11 is 0. The minimum absolute atomic E-state index is 0. The molecule has 0 amide bonds. The first-order valence-electron chi connectivity index (χ1n) is 9.74. The minimum atomic E-state index is 0. The molecule has 3 rings (SSSR count). The van der Waals surface area contributed by atoms with E-state index in [1.807, 2.05) is 36.7 Å². The van der Waals surface area contributed by atoms with Crippen LogP contribution >= 0.6 is 24.0 Å². The molecule has 7 nitrogen and oxygen atoms in total. The molecule has 0 unspecified atom stereocenters. The number of guanidine groups is 1. The average molecular weight is 498 g/mol. The third kappa shape index (κ3) is 7.05. The molecule has 1 aromatic heterocycles. The number of rotatable bonds is 8. The number of ether oxygens (including phenoxy) is 1. The third-order valence-electron chi connectivity index (χ3n) is 4.91. The smallest absolute Gasteiger partial charge is 0.192 e. The van der Waals surface area contributed by atoms with Gasteiger partial charge in [-0.15, -0.1) is 34.2 Å². The average Bonchev–Trinajstić information content (AvgIpc) is 3.31. The van der Waals surface area contributed by atoms with Gasteiger partial charge in [-0.2, -0.15) is 0 Å². The van der Waals surface area contributed by atoms with Gasteiger partial charge in [0, 0.05) is 19.6 Å². The predicted octanol–water partition coefficient (Wildman–Crippen LogP) is 2.94. The van der Waals surface area contributed by atoms with Crippen LogP contribution in [0.2, 0.25) is 0 Å². The Bertz CT molecular complexity index is 728. The van der Waals surface area contributed by atoms with Crippen molar-refractivity contribution in [2.75, 3.05) is 13.2 Å².